The third-order valence-electron chi connectivity index (χ3n) is 3.67. The molecule has 0 heterocycles. The van der Waals surface area contributed by atoms with E-state index in [2.05, 4.69) is 11.8 Å². The van der Waals surface area contributed by atoms with Gasteiger partial charge in [0.2, 0.25) is 0 Å². The lowest BCUT2D eigenvalue weighted by atomic mass is 10.0. The van der Waals surface area contributed by atoms with Gasteiger partial charge in [0.15, 0.2) is 0 Å². The van der Waals surface area contributed by atoms with Gasteiger partial charge in [-0.1, -0.05) is 66.4 Å². The molecule has 0 aliphatic heterocycles. The zero-order valence-electron chi connectivity index (χ0n) is 14.4. The summed E-state index contributed by atoms with van der Waals surface area (Å²) in [5, 5.41) is 2.14. The van der Waals surface area contributed by atoms with Crippen LogP contribution in [0.5, 0.6) is 5.75 Å². The van der Waals surface area contributed by atoms with Crippen molar-refractivity contribution >= 4 is 16.7 Å². The summed E-state index contributed by atoms with van der Waals surface area (Å²) in [6, 6.07) is 23.1. The van der Waals surface area contributed by atoms with Gasteiger partial charge in [0.1, 0.15) is 17.6 Å². The third-order valence-corrected chi connectivity index (χ3v) is 3.67. The summed E-state index contributed by atoms with van der Waals surface area (Å²) in [6.07, 6.45) is 1.34. The molecule has 3 heteroatoms. The summed E-state index contributed by atoms with van der Waals surface area (Å²) >= 11 is 0. The quantitative estimate of drug-likeness (QED) is 0.298. The molecule has 0 atom stereocenters. The normalized spacial score (nSPS) is 10.7. The number of carbonyl (C=O) groups excluding carboxylic acids is 1. The highest BCUT2D eigenvalue weighted by Crippen LogP contribution is 2.17. The van der Waals surface area contributed by atoms with Gasteiger partial charge in [-0.25, -0.2) is 4.79 Å². The lowest BCUT2D eigenvalue weighted by Crippen LogP contribution is -2.07. The van der Waals surface area contributed by atoms with Gasteiger partial charge in [-0.3, -0.25) is 0 Å². The second-order valence-electron chi connectivity index (χ2n) is 5.46. The second kappa shape index (κ2) is 8.55. The Kier molecular flexibility index (Phi) is 5.69. The fourth-order valence-corrected chi connectivity index (χ4v) is 2.43. The summed E-state index contributed by atoms with van der Waals surface area (Å²) in [4.78, 5) is 12.2. The van der Waals surface area contributed by atoms with E-state index in [1.807, 2.05) is 60.7 Å². The molecule has 0 spiro atoms. The van der Waals surface area contributed by atoms with Crippen LogP contribution in [0.25, 0.3) is 10.8 Å². The Morgan fingerprint density at radius 1 is 0.962 bits per heavy atom. The Balaban J connectivity index is 1.93. The lowest BCUT2D eigenvalue weighted by molar-refractivity contribution is -0.138. The van der Waals surface area contributed by atoms with Crippen molar-refractivity contribution in [3.05, 3.63) is 90.2 Å². The highest BCUT2D eigenvalue weighted by Gasteiger charge is 2.09. The highest BCUT2D eigenvalue weighted by molar-refractivity contribution is 5.94. The van der Waals surface area contributed by atoms with E-state index in [9.17, 15) is 4.79 Å². The molecule has 3 aromatic rings. The van der Waals surface area contributed by atoms with Gasteiger partial charge in [0, 0.05) is 5.56 Å². The van der Waals surface area contributed by atoms with E-state index in [-0.39, 0.29) is 12.2 Å². The van der Waals surface area contributed by atoms with Crippen LogP contribution in [0, 0.1) is 11.8 Å². The molecule has 0 amide bonds. The Morgan fingerprint density at radius 2 is 1.69 bits per heavy atom. The van der Waals surface area contributed by atoms with Crippen LogP contribution in [0.15, 0.2) is 84.6 Å². The smallest absolute Gasteiger partial charge is 0.349 e. The molecule has 3 nitrogen and oxygen atoms in total. The number of hydrogen-bond donors (Lipinski definition) is 0. The first kappa shape index (κ1) is 17.3. The van der Waals surface area contributed by atoms with Gasteiger partial charge in [-0.05, 0) is 35.9 Å². The molecule has 0 N–H and O–H groups in total. The van der Waals surface area contributed by atoms with Crippen LogP contribution in [-0.2, 0) is 9.53 Å². The van der Waals surface area contributed by atoms with Gasteiger partial charge < -0.3 is 9.47 Å². The topological polar surface area (TPSA) is 35.5 Å². The molecule has 0 aliphatic carbocycles. The Bertz CT molecular complexity index is 987. The van der Waals surface area contributed by atoms with Crippen LogP contribution in [0.4, 0.5) is 0 Å². The van der Waals surface area contributed by atoms with Crippen molar-refractivity contribution in [3.63, 3.8) is 0 Å². The minimum absolute atomic E-state index is 0.170. The van der Waals surface area contributed by atoms with Gasteiger partial charge >= 0.3 is 5.97 Å². The standard InChI is InChI=1S/C23H18O3/c1-2-25-23(24)20(17-26-21-12-4-3-5-13-21)16-15-19-11-8-10-18-9-6-7-14-22(18)19/h3-14,17H,2H2,1H3/b20-17+. The maximum Gasteiger partial charge on any atom is 0.349 e. The number of rotatable bonds is 4. The van der Waals surface area contributed by atoms with Crippen LogP contribution in [0.2, 0.25) is 0 Å². The summed E-state index contributed by atoms with van der Waals surface area (Å²) in [5.41, 5.74) is 1.02. The van der Waals surface area contributed by atoms with E-state index in [1.165, 1.54) is 6.26 Å². The Morgan fingerprint density at radius 3 is 2.50 bits per heavy atom. The average molecular weight is 342 g/mol. The van der Waals surface area contributed by atoms with E-state index in [4.69, 9.17) is 9.47 Å². The minimum Gasteiger partial charge on any atom is -0.463 e. The molecular formula is C23H18O3. The van der Waals surface area contributed by atoms with E-state index in [1.54, 1.807) is 19.1 Å². The molecule has 0 saturated carbocycles. The van der Waals surface area contributed by atoms with Crippen molar-refractivity contribution in [1.82, 2.24) is 0 Å². The summed E-state index contributed by atoms with van der Waals surface area (Å²) in [7, 11) is 0. The van der Waals surface area contributed by atoms with E-state index >= 15 is 0 Å². The van der Waals surface area contributed by atoms with Gasteiger partial charge in [0.25, 0.3) is 0 Å². The molecule has 26 heavy (non-hydrogen) atoms. The number of hydrogen-bond acceptors (Lipinski definition) is 3. The highest BCUT2D eigenvalue weighted by atomic mass is 16.5. The molecule has 3 rings (SSSR count). The monoisotopic (exact) mass is 342 g/mol. The van der Waals surface area contributed by atoms with Gasteiger partial charge in [0.05, 0.1) is 6.61 Å². The predicted octanol–water partition coefficient (Wildman–Crippen LogP) is 4.72. The number of para-hydroxylation sites is 1. The SMILES string of the molecule is CCOC(=O)/C(C#Cc1cccc2ccccc12)=C/Oc1ccccc1. The molecule has 0 radical (unpaired) electrons. The maximum absolute atomic E-state index is 12.2. The van der Waals surface area contributed by atoms with Gasteiger partial charge in [-0.2, -0.15) is 0 Å². The van der Waals surface area contributed by atoms with Crippen LogP contribution in [0.3, 0.4) is 0 Å². The summed E-state index contributed by atoms with van der Waals surface area (Å²) in [6.45, 7) is 2.03. The number of ether oxygens (including phenoxy) is 2. The first-order valence-corrected chi connectivity index (χ1v) is 8.36. The fraction of sp³-hybridized carbons (Fsp3) is 0.0870. The molecule has 0 aliphatic rings. The van der Waals surface area contributed by atoms with Crippen LogP contribution < -0.4 is 4.74 Å². The number of benzene rings is 3. The first-order chi connectivity index (χ1) is 12.8. The van der Waals surface area contributed by atoms with Crippen molar-refractivity contribution in [2.75, 3.05) is 6.61 Å². The van der Waals surface area contributed by atoms with Gasteiger partial charge in [-0.15, -0.1) is 0 Å². The van der Waals surface area contributed by atoms with Crippen molar-refractivity contribution in [2.24, 2.45) is 0 Å². The van der Waals surface area contributed by atoms with Crippen molar-refractivity contribution in [1.29, 1.82) is 0 Å². The number of fused-ring (bicyclic) bond motifs is 1. The fourth-order valence-electron chi connectivity index (χ4n) is 2.43. The Labute approximate surface area is 152 Å². The van der Waals surface area contributed by atoms with Crippen molar-refractivity contribution in [3.8, 4) is 17.6 Å². The summed E-state index contributed by atoms with van der Waals surface area (Å²) < 4.78 is 10.6. The molecule has 128 valence electrons. The van der Waals surface area contributed by atoms with Crippen molar-refractivity contribution in [2.45, 2.75) is 6.92 Å². The molecular weight excluding hydrogens is 324 g/mol. The largest absolute Gasteiger partial charge is 0.463 e. The summed E-state index contributed by atoms with van der Waals surface area (Å²) in [5.74, 6) is 6.08. The molecule has 3 aromatic carbocycles. The zero-order valence-corrected chi connectivity index (χ0v) is 14.4. The molecule has 0 fully saturated rings. The van der Waals surface area contributed by atoms with E-state index in [0.29, 0.717) is 5.75 Å². The van der Waals surface area contributed by atoms with E-state index < -0.39 is 5.97 Å². The maximum atomic E-state index is 12.2. The molecule has 0 saturated heterocycles. The molecule has 0 aromatic heterocycles. The van der Waals surface area contributed by atoms with Crippen LogP contribution in [0.1, 0.15) is 12.5 Å². The third kappa shape index (κ3) is 4.31. The predicted molar refractivity (Wildman–Crippen MR) is 103 cm³/mol. The average Bonchev–Trinajstić information content (AvgIpc) is 2.69. The molecule has 0 unspecified atom stereocenters. The van der Waals surface area contributed by atoms with Crippen LogP contribution in [-0.4, -0.2) is 12.6 Å². The first-order valence-electron chi connectivity index (χ1n) is 8.36. The lowest BCUT2D eigenvalue weighted by Gasteiger charge is -2.03. The van der Waals surface area contributed by atoms with Crippen molar-refractivity contribution < 1.29 is 14.3 Å². The van der Waals surface area contributed by atoms with E-state index in [0.717, 1.165) is 16.3 Å². The molecule has 0 bridgehead atoms. The number of carbonyl (C=O) groups is 1. The number of esters is 1. The second-order valence-corrected chi connectivity index (χ2v) is 5.46. The Hall–Kier alpha value is -3.51. The van der Waals surface area contributed by atoms with Crippen LogP contribution >= 0.6 is 0 Å². The minimum atomic E-state index is -0.504. The zero-order chi connectivity index (χ0) is 18.2.